The van der Waals surface area contributed by atoms with E-state index in [2.05, 4.69) is 20.3 Å². The average molecular weight is 488 g/mol. The molecule has 1 aromatic carbocycles. The van der Waals surface area contributed by atoms with Crippen LogP contribution < -0.4 is 15.6 Å². The van der Waals surface area contributed by atoms with Crippen molar-refractivity contribution in [2.75, 3.05) is 5.32 Å². The van der Waals surface area contributed by atoms with Crippen LogP contribution >= 0.6 is 0 Å². The van der Waals surface area contributed by atoms with Gasteiger partial charge in [0, 0.05) is 36.6 Å². The third kappa shape index (κ3) is 4.62. The molecule has 2 aromatic heterocycles. The zero-order chi connectivity index (χ0) is 24.8. The summed E-state index contributed by atoms with van der Waals surface area (Å²) in [5.74, 6) is -6.63. The fraction of sp³-hybridized carbons (Fsp3) is 0.333. The van der Waals surface area contributed by atoms with Crippen molar-refractivity contribution in [2.45, 2.75) is 37.5 Å². The molecule has 5 rings (SSSR count). The molecule has 2 aliphatic carbocycles. The second-order valence-electron chi connectivity index (χ2n) is 9.03. The molecule has 11 heteroatoms. The van der Waals surface area contributed by atoms with Crippen molar-refractivity contribution in [2.24, 2.45) is 11.3 Å². The Bertz CT molecular complexity index is 1310. The molecule has 7 nitrogen and oxygen atoms in total. The van der Waals surface area contributed by atoms with Gasteiger partial charge in [-0.05, 0) is 42.4 Å². The molecule has 1 amide bonds. The summed E-state index contributed by atoms with van der Waals surface area (Å²) >= 11 is 0. The van der Waals surface area contributed by atoms with Gasteiger partial charge >= 0.3 is 0 Å². The van der Waals surface area contributed by atoms with Gasteiger partial charge in [-0.3, -0.25) is 9.59 Å². The van der Waals surface area contributed by atoms with E-state index in [1.807, 2.05) is 0 Å². The number of hydrogen-bond donors (Lipinski definition) is 2. The highest BCUT2D eigenvalue weighted by atomic mass is 19.3. The fourth-order valence-corrected chi connectivity index (χ4v) is 4.79. The maximum Gasteiger partial charge on any atom is 0.255 e. The van der Waals surface area contributed by atoms with Gasteiger partial charge in [-0.1, -0.05) is 6.07 Å². The minimum absolute atomic E-state index is 0.0605. The van der Waals surface area contributed by atoms with Gasteiger partial charge in [-0.2, -0.15) is 0 Å². The van der Waals surface area contributed by atoms with E-state index in [1.165, 1.54) is 30.7 Å². The SMILES string of the molecule is O=C(Nc1cnc(Oc2ccc(F)cc2F)cn1)[C@@H]1C[C@]12CCC(F)(F)[C@@H](c1ccc(=O)[nH]c1)C2. The van der Waals surface area contributed by atoms with Crippen molar-refractivity contribution in [1.82, 2.24) is 15.0 Å². The molecule has 3 atom stereocenters. The molecule has 0 aliphatic heterocycles. The summed E-state index contributed by atoms with van der Waals surface area (Å²) in [6.45, 7) is 0. The van der Waals surface area contributed by atoms with Crippen LogP contribution in [-0.4, -0.2) is 26.8 Å². The highest BCUT2D eigenvalue weighted by Crippen LogP contribution is 2.66. The molecule has 182 valence electrons. The molecule has 0 bridgehead atoms. The minimum Gasteiger partial charge on any atom is -0.434 e. The Balaban J connectivity index is 1.23. The Morgan fingerprint density at radius 3 is 2.60 bits per heavy atom. The van der Waals surface area contributed by atoms with Crippen LogP contribution in [0, 0.1) is 23.0 Å². The minimum atomic E-state index is -2.93. The number of nitrogens with zero attached hydrogens (tertiary/aromatic N) is 2. The highest BCUT2D eigenvalue weighted by molar-refractivity contribution is 5.94. The van der Waals surface area contributed by atoms with Crippen LogP contribution in [0.5, 0.6) is 11.6 Å². The summed E-state index contributed by atoms with van der Waals surface area (Å²) in [5, 5.41) is 2.64. The Hall–Kier alpha value is -3.76. The molecular formula is C24H20F4N4O3. The summed E-state index contributed by atoms with van der Waals surface area (Å²) in [6.07, 6.45) is 4.20. The Labute approximate surface area is 196 Å². The van der Waals surface area contributed by atoms with Gasteiger partial charge in [-0.25, -0.2) is 27.5 Å². The van der Waals surface area contributed by atoms with E-state index in [-0.39, 0.29) is 48.2 Å². The number of halogens is 4. The predicted octanol–water partition coefficient (Wildman–Crippen LogP) is 4.78. The second kappa shape index (κ2) is 8.47. The number of ether oxygens (including phenoxy) is 1. The van der Waals surface area contributed by atoms with Gasteiger partial charge in [0.15, 0.2) is 17.4 Å². The second-order valence-corrected chi connectivity index (χ2v) is 9.03. The van der Waals surface area contributed by atoms with E-state index in [4.69, 9.17) is 4.74 Å². The number of H-pyrrole nitrogens is 1. The van der Waals surface area contributed by atoms with Gasteiger partial charge in [0.25, 0.3) is 5.92 Å². The first kappa shape index (κ1) is 23.0. The predicted molar refractivity (Wildman–Crippen MR) is 116 cm³/mol. The lowest BCUT2D eigenvalue weighted by Crippen LogP contribution is -2.36. The van der Waals surface area contributed by atoms with Crippen LogP contribution in [0.25, 0.3) is 0 Å². The Morgan fingerprint density at radius 2 is 1.91 bits per heavy atom. The van der Waals surface area contributed by atoms with Crippen LogP contribution in [0.1, 0.15) is 37.2 Å². The van der Waals surface area contributed by atoms with E-state index in [1.54, 1.807) is 0 Å². The van der Waals surface area contributed by atoms with Gasteiger partial charge in [0.1, 0.15) is 5.82 Å². The summed E-state index contributed by atoms with van der Waals surface area (Å²) in [5.41, 5.74) is -0.561. The number of anilines is 1. The smallest absolute Gasteiger partial charge is 0.255 e. The number of benzene rings is 1. The zero-order valence-electron chi connectivity index (χ0n) is 18.2. The van der Waals surface area contributed by atoms with Gasteiger partial charge < -0.3 is 15.0 Å². The van der Waals surface area contributed by atoms with Gasteiger partial charge in [-0.15, -0.1) is 0 Å². The summed E-state index contributed by atoms with van der Waals surface area (Å²) in [7, 11) is 0. The largest absolute Gasteiger partial charge is 0.434 e. The summed E-state index contributed by atoms with van der Waals surface area (Å²) in [6, 6.07) is 5.45. The van der Waals surface area contributed by atoms with E-state index in [0.29, 0.717) is 18.1 Å². The molecule has 2 aliphatic rings. The van der Waals surface area contributed by atoms with Crippen molar-refractivity contribution >= 4 is 11.7 Å². The van der Waals surface area contributed by atoms with Gasteiger partial charge in [0.05, 0.1) is 12.4 Å². The molecule has 0 radical (unpaired) electrons. The van der Waals surface area contributed by atoms with E-state index in [0.717, 1.165) is 12.1 Å². The maximum atomic E-state index is 14.7. The number of aromatic nitrogens is 3. The average Bonchev–Trinajstić information content (AvgIpc) is 3.53. The summed E-state index contributed by atoms with van der Waals surface area (Å²) < 4.78 is 61.3. The molecule has 35 heavy (non-hydrogen) atoms. The number of hydrogen-bond acceptors (Lipinski definition) is 5. The number of rotatable bonds is 5. The first-order chi connectivity index (χ1) is 16.6. The van der Waals surface area contributed by atoms with E-state index in [9.17, 15) is 27.2 Å². The van der Waals surface area contributed by atoms with E-state index < -0.39 is 34.8 Å². The zero-order valence-corrected chi connectivity index (χ0v) is 18.2. The third-order valence-electron chi connectivity index (χ3n) is 6.78. The molecule has 3 aromatic rings. The van der Waals surface area contributed by atoms with Crippen molar-refractivity contribution in [3.05, 3.63) is 76.5 Å². The lowest BCUT2D eigenvalue weighted by molar-refractivity contribution is -0.119. The molecule has 2 fully saturated rings. The number of amides is 1. The van der Waals surface area contributed by atoms with Crippen molar-refractivity contribution in [1.29, 1.82) is 0 Å². The number of alkyl halides is 2. The van der Waals surface area contributed by atoms with Crippen LogP contribution in [0.4, 0.5) is 23.4 Å². The van der Waals surface area contributed by atoms with Crippen molar-refractivity contribution in [3.8, 4) is 11.6 Å². The maximum absolute atomic E-state index is 14.7. The topological polar surface area (TPSA) is 97.0 Å². The number of pyridine rings is 1. The first-order valence-corrected chi connectivity index (χ1v) is 11.0. The number of aromatic amines is 1. The van der Waals surface area contributed by atoms with E-state index >= 15 is 0 Å². The van der Waals surface area contributed by atoms with Crippen molar-refractivity contribution < 1.29 is 27.1 Å². The molecule has 0 unspecified atom stereocenters. The number of carbonyl (C=O) groups is 1. The van der Waals surface area contributed by atoms with Crippen molar-refractivity contribution in [3.63, 3.8) is 0 Å². The van der Waals surface area contributed by atoms with Crippen LogP contribution in [0.2, 0.25) is 0 Å². The number of carbonyl (C=O) groups excluding carboxylic acids is 1. The number of nitrogens with one attached hydrogen (secondary N) is 2. The standard InChI is InChI=1S/C24H20F4N4O3/c25-14-2-3-18(17(26)7-14)35-21-12-29-19(11-31-21)32-22(34)16-9-23(16)5-6-24(27,28)15(8-23)13-1-4-20(33)30-10-13/h1-4,7,10-12,15-16H,5-6,8-9H2,(H,30,33)(H,29,32,34)/t15-,16+,23-/m1/s1. The summed E-state index contributed by atoms with van der Waals surface area (Å²) in [4.78, 5) is 34.6. The Kier molecular flexibility index (Phi) is 5.57. The van der Waals surface area contributed by atoms with Crippen LogP contribution in [0.15, 0.2) is 53.7 Å². The third-order valence-corrected chi connectivity index (χ3v) is 6.78. The lowest BCUT2D eigenvalue weighted by Gasteiger charge is -2.37. The Morgan fingerprint density at radius 1 is 1.09 bits per heavy atom. The quantitative estimate of drug-likeness (QED) is 0.504. The molecule has 1 spiro atoms. The molecular weight excluding hydrogens is 468 g/mol. The van der Waals surface area contributed by atoms with Crippen LogP contribution in [0.3, 0.4) is 0 Å². The normalized spacial score (nSPS) is 24.7. The molecule has 0 saturated heterocycles. The molecule has 2 N–H and O–H groups in total. The van der Waals surface area contributed by atoms with Gasteiger partial charge in [0.2, 0.25) is 17.3 Å². The highest BCUT2D eigenvalue weighted by Gasteiger charge is 2.64. The lowest BCUT2D eigenvalue weighted by atomic mass is 9.72. The fourth-order valence-electron chi connectivity index (χ4n) is 4.79. The molecule has 2 heterocycles. The monoisotopic (exact) mass is 488 g/mol. The molecule has 2 saturated carbocycles. The first-order valence-electron chi connectivity index (χ1n) is 11.0. The van der Waals surface area contributed by atoms with Crippen LogP contribution in [-0.2, 0) is 4.79 Å².